The molecule has 2 amide bonds. The van der Waals surface area contributed by atoms with E-state index in [1.54, 1.807) is 11.3 Å². The van der Waals surface area contributed by atoms with Gasteiger partial charge in [-0.2, -0.15) is 0 Å². The normalized spacial score (nSPS) is 22.5. The van der Waals surface area contributed by atoms with Crippen molar-refractivity contribution >= 4 is 40.6 Å². The number of aryl methyl sites for hydroxylation is 1. The first-order valence-corrected chi connectivity index (χ1v) is 10.9. The molecule has 1 aromatic rings. The molecule has 3 heterocycles. The second-order valence-electron chi connectivity index (χ2n) is 7.92. The van der Waals surface area contributed by atoms with E-state index in [2.05, 4.69) is 41.6 Å². The highest BCUT2D eigenvalue weighted by atomic mass is 35.5. The van der Waals surface area contributed by atoms with E-state index in [1.807, 2.05) is 0 Å². The van der Waals surface area contributed by atoms with E-state index in [-0.39, 0.29) is 30.3 Å². The Bertz CT molecular complexity index is 688. The van der Waals surface area contributed by atoms with Gasteiger partial charge in [-0.25, -0.2) is 0 Å². The maximum atomic E-state index is 12.5. The van der Waals surface area contributed by atoms with Gasteiger partial charge < -0.3 is 16.0 Å². The summed E-state index contributed by atoms with van der Waals surface area (Å²) >= 11 is 1.65. The topological polar surface area (TPSA) is 73.5 Å². The molecule has 0 aliphatic carbocycles. The summed E-state index contributed by atoms with van der Waals surface area (Å²) in [4.78, 5) is 28.1. The van der Waals surface area contributed by atoms with Crippen LogP contribution >= 0.6 is 23.7 Å². The Labute approximate surface area is 178 Å². The van der Waals surface area contributed by atoms with Crippen LogP contribution in [0.3, 0.4) is 0 Å². The second kappa shape index (κ2) is 10.6. The number of likely N-dealkylation sites (tertiary alicyclic amines) is 1. The molecule has 0 saturated carbocycles. The molecule has 0 radical (unpaired) electrons. The van der Waals surface area contributed by atoms with Crippen molar-refractivity contribution in [2.24, 2.45) is 5.92 Å². The fraction of sp³-hybridized carbons (Fsp3) is 0.700. The molecule has 0 spiro atoms. The van der Waals surface area contributed by atoms with Crippen molar-refractivity contribution in [3.8, 4) is 0 Å². The van der Waals surface area contributed by atoms with E-state index in [1.165, 1.54) is 16.0 Å². The predicted molar refractivity (Wildman–Crippen MR) is 118 cm³/mol. The summed E-state index contributed by atoms with van der Waals surface area (Å²) in [6, 6.07) is -0.0172. The van der Waals surface area contributed by atoms with E-state index in [4.69, 9.17) is 0 Å². The number of carbonyl (C=O) groups excluding carboxylic acids is 2. The van der Waals surface area contributed by atoms with Gasteiger partial charge >= 0.3 is 0 Å². The number of carbonyl (C=O) groups is 2. The first kappa shape index (κ1) is 23.1. The highest BCUT2D eigenvalue weighted by molar-refractivity contribution is 7.16. The van der Waals surface area contributed by atoms with Crippen LogP contribution in [0.2, 0.25) is 0 Å². The lowest BCUT2D eigenvalue weighted by Crippen LogP contribution is -2.46. The van der Waals surface area contributed by atoms with Gasteiger partial charge in [0, 0.05) is 18.0 Å². The summed E-state index contributed by atoms with van der Waals surface area (Å²) in [5, 5.41) is 10.4. The SMILES string of the molecule is Cc1sc(NC(=O)CN2CCCC(CNC(=O)C3CCCN3)C2)c(C)c1C.Cl. The van der Waals surface area contributed by atoms with Crippen molar-refractivity contribution in [3.05, 3.63) is 16.0 Å². The molecule has 1 aromatic heterocycles. The van der Waals surface area contributed by atoms with E-state index < -0.39 is 0 Å². The smallest absolute Gasteiger partial charge is 0.239 e. The highest BCUT2D eigenvalue weighted by Gasteiger charge is 2.25. The average Bonchev–Trinajstić information content (AvgIpc) is 3.26. The summed E-state index contributed by atoms with van der Waals surface area (Å²) in [5.41, 5.74) is 2.44. The summed E-state index contributed by atoms with van der Waals surface area (Å²) in [6.07, 6.45) is 4.20. The fourth-order valence-electron chi connectivity index (χ4n) is 3.97. The summed E-state index contributed by atoms with van der Waals surface area (Å²) in [7, 11) is 0. The number of halogens is 1. The maximum Gasteiger partial charge on any atom is 0.239 e. The Kier molecular flexibility index (Phi) is 8.74. The number of thiophene rings is 1. The Morgan fingerprint density at radius 3 is 2.61 bits per heavy atom. The average molecular weight is 429 g/mol. The van der Waals surface area contributed by atoms with Gasteiger partial charge in [-0.05, 0) is 76.6 Å². The first-order valence-electron chi connectivity index (χ1n) is 10.0. The largest absolute Gasteiger partial charge is 0.354 e. The van der Waals surface area contributed by atoms with Crippen molar-refractivity contribution in [3.63, 3.8) is 0 Å². The molecule has 2 unspecified atom stereocenters. The van der Waals surface area contributed by atoms with Crippen molar-refractivity contribution in [2.45, 2.75) is 52.5 Å². The van der Waals surface area contributed by atoms with E-state index >= 15 is 0 Å². The molecule has 3 rings (SSSR count). The van der Waals surface area contributed by atoms with Gasteiger partial charge in [0.15, 0.2) is 0 Å². The van der Waals surface area contributed by atoms with Crippen LogP contribution in [0.1, 0.15) is 41.7 Å². The third-order valence-electron chi connectivity index (χ3n) is 5.85. The van der Waals surface area contributed by atoms with Gasteiger partial charge in [0.2, 0.25) is 11.8 Å². The molecule has 2 saturated heterocycles. The fourth-order valence-corrected chi connectivity index (χ4v) is 5.05. The number of piperidine rings is 1. The van der Waals surface area contributed by atoms with E-state index in [0.29, 0.717) is 19.0 Å². The van der Waals surface area contributed by atoms with Gasteiger partial charge in [-0.15, -0.1) is 23.7 Å². The zero-order chi connectivity index (χ0) is 19.4. The molecule has 0 bridgehead atoms. The zero-order valence-corrected chi connectivity index (χ0v) is 18.7. The van der Waals surface area contributed by atoms with Crippen LogP contribution < -0.4 is 16.0 Å². The van der Waals surface area contributed by atoms with Crippen molar-refractivity contribution in [1.29, 1.82) is 0 Å². The number of rotatable bonds is 6. The Morgan fingerprint density at radius 1 is 1.18 bits per heavy atom. The highest BCUT2D eigenvalue weighted by Crippen LogP contribution is 2.31. The van der Waals surface area contributed by atoms with Crippen LogP contribution in [0.25, 0.3) is 0 Å². The molecule has 6 nitrogen and oxygen atoms in total. The van der Waals surface area contributed by atoms with Gasteiger partial charge in [0.05, 0.1) is 17.6 Å². The number of anilines is 1. The van der Waals surface area contributed by atoms with Crippen LogP contribution in [-0.2, 0) is 9.59 Å². The first-order chi connectivity index (χ1) is 12.9. The van der Waals surface area contributed by atoms with Gasteiger partial charge in [-0.1, -0.05) is 0 Å². The zero-order valence-electron chi connectivity index (χ0n) is 17.1. The standard InChI is InChI=1S/C20H32N4O2S.ClH/c1-13-14(2)20(27-15(13)3)23-18(25)12-24-9-5-6-16(11-24)10-22-19(26)17-7-4-8-21-17;/h16-17,21H,4-12H2,1-3H3,(H,22,26)(H,23,25);1H. The molecule has 0 aromatic carbocycles. The Morgan fingerprint density at radius 2 is 1.96 bits per heavy atom. The van der Waals surface area contributed by atoms with Gasteiger partial charge in [-0.3, -0.25) is 14.5 Å². The molecule has 2 aliphatic heterocycles. The maximum absolute atomic E-state index is 12.5. The van der Waals surface area contributed by atoms with Crippen molar-refractivity contribution in [2.75, 3.05) is 38.0 Å². The predicted octanol–water partition coefficient (Wildman–Crippen LogP) is 2.61. The van der Waals surface area contributed by atoms with E-state index in [0.717, 1.165) is 50.3 Å². The summed E-state index contributed by atoms with van der Waals surface area (Å²) in [5.74, 6) is 0.602. The minimum Gasteiger partial charge on any atom is -0.354 e. The molecular formula is C20H33ClN4O2S. The van der Waals surface area contributed by atoms with Crippen molar-refractivity contribution < 1.29 is 9.59 Å². The third kappa shape index (κ3) is 5.92. The van der Waals surface area contributed by atoms with Crippen LogP contribution in [0.15, 0.2) is 0 Å². The van der Waals surface area contributed by atoms with E-state index in [9.17, 15) is 9.59 Å². The van der Waals surface area contributed by atoms with Gasteiger partial charge in [0.25, 0.3) is 0 Å². The Balaban J connectivity index is 0.00000280. The number of nitrogens with zero attached hydrogens (tertiary/aromatic N) is 1. The minimum absolute atomic E-state index is 0. The molecule has 2 atom stereocenters. The molecule has 8 heteroatoms. The number of nitrogens with one attached hydrogen (secondary N) is 3. The lowest BCUT2D eigenvalue weighted by Gasteiger charge is -2.32. The van der Waals surface area contributed by atoms with Crippen molar-refractivity contribution in [1.82, 2.24) is 15.5 Å². The monoisotopic (exact) mass is 428 g/mol. The van der Waals surface area contributed by atoms with Crippen LogP contribution in [0, 0.1) is 26.7 Å². The molecular weight excluding hydrogens is 396 g/mol. The van der Waals surface area contributed by atoms with Gasteiger partial charge in [0.1, 0.15) is 0 Å². The summed E-state index contributed by atoms with van der Waals surface area (Å²) < 4.78 is 0. The lowest BCUT2D eigenvalue weighted by molar-refractivity contribution is -0.123. The number of amides is 2. The summed E-state index contributed by atoms with van der Waals surface area (Å²) in [6.45, 7) is 10.1. The molecule has 2 fully saturated rings. The second-order valence-corrected chi connectivity index (χ2v) is 9.15. The number of hydrogen-bond acceptors (Lipinski definition) is 5. The molecule has 28 heavy (non-hydrogen) atoms. The quantitative estimate of drug-likeness (QED) is 0.651. The number of hydrogen-bond donors (Lipinski definition) is 3. The molecule has 158 valence electrons. The van der Waals surface area contributed by atoms with Crippen LogP contribution in [-0.4, -0.2) is 55.5 Å². The minimum atomic E-state index is -0.0172. The van der Waals surface area contributed by atoms with Crippen LogP contribution in [0.5, 0.6) is 0 Å². The molecule has 3 N–H and O–H groups in total. The third-order valence-corrected chi connectivity index (χ3v) is 7.08. The van der Waals surface area contributed by atoms with Crippen LogP contribution in [0.4, 0.5) is 5.00 Å². The Hall–Kier alpha value is -1.15. The lowest BCUT2D eigenvalue weighted by atomic mass is 9.98. The molecule has 2 aliphatic rings.